The molecule has 4 rings (SSSR count). The van der Waals surface area contributed by atoms with Gasteiger partial charge in [-0.2, -0.15) is 0 Å². The Hall–Kier alpha value is 0.526. The fourth-order valence-corrected chi connectivity index (χ4v) is 4.38. The van der Waals surface area contributed by atoms with Crippen LogP contribution in [0.4, 0.5) is 0 Å². The Bertz CT molecular complexity index is 832. The van der Waals surface area contributed by atoms with E-state index in [1.54, 1.807) is 0 Å². The van der Waals surface area contributed by atoms with E-state index in [-0.39, 0.29) is 98.2 Å². The molecule has 0 saturated heterocycles. The Balaban J connectivity index is 0.00000121. The van der Waals surface area contributed by atoms with Gasteiger partial charge in [-0.3, -0.25) is 9.69 Å². The van der Waals surface area contributed by atoms with Crippen LogP contribution in [0.25, 0.3) is 16.5 Å². The Morgan fingerprint density at radius 3 is 2.67 bits per heavy atom. The Kier molecular flexibility index (Phi) is 9.96. The first-order valence-electron chi connectivity index (χ1n) is 8.94. The number of nitrogens with one attached hydrogen (secondary N) is 1. The van der Waals surface area contributed by atoms with Gasteiger partial charge in [-0.05, 0) is 50.1 Å². The zero-order chi connectivity index (χ0) is 16.8. The van der Waals surface area contributed by atoms with Gasteiger partial charge in [-0.15, -0.1) is 0 Å². The molecule has 1 amide bonds. The number of likely N-dealkylation sites (N-methyl/N-ethyl adjacent to an activating group) is 1. The Morgan fingerprint density at radius 2 is 2.00 bits per heavy atom. The van der Waals surface area contributed by atoms with Crippen molar-refractivity contribution >= 4 is 103 Å². The van der Waals surface area contributed by atoms with Gasteiger partial charge in [-0.1, -0.05) is 18.2 Å². The van der Waals surface area contributed by atoms with Crippen LogP contribution in [-0.4, -0.2) is 140 Å². The number of carbonyl (C=O) groups excluding carboxylic acids is 1. The average Bonchev–Trinajstić information content (AvgIpc) is 3.01. The minimum absolute atomic E-state index is 0. The Morgan fingerprint density at radius 1 is 1.30 bits per heavy atom. The first-order valence-corrected chi connectivity index (χ1v) is 8.94. The molecule has 138 valence electrons. The number of aromatic amines is 1. The van der Waals surface area contributed by atoms with Crippen LogP contribution in [0.5, 0.6) is 0 Å². The van der Waals surface area contributed by atoms with Gasteiger partial charge in [0.15, 0.2) is 0 Å². The van der Waals surface area contributed by atoms with E-state index in [0.717, 1.165) is 26.1 Å². The van der Waals surface area contributed by atoms with Gasteiger partial charge in [0.05, 0.1) is 5.92 Å². The number of hydrogen-bond acceptors (Lipinski definition) is 2. The second-order valence-corrected chi connectivity index (χ2v) is 6.94. The predicted molar refractivity (Wildman–Crippen MR) is 116 cm³/mol. The molecule has 2 aromatic rings. The number of H-pyrrole nitrogens is 1. The summed E-state index contributed by atoms with van der Waals surface area (Å²) >= 11 is 0. The molecule has 27 heavy (non-hydrogen) atoms. The topological polar surface area (TPSA) is 70.8 Å². The van der Waals surface area contributed by atoms with E-state index in [9.17, 15) is 4.79 Å². The summed E-state index contributed by atoms with van der Waals surface area (Å²) in [6.07, 6.45) is 5.41. The summed E-state index contributed by atoms with van der Waals surface area (Å²) in [7, 11) is 2.15. The molecule has 1 aromatic heterocycles. The van der Waals surface area contributed by atoms with Gasteiger partial charge in [0.1, 0.15) is 0 Å². The van der Waals surface area contributed by atoms with Gasteiger partial charge in [0.2, 0.25) is 5.91 Å². The van der Waals surface area contributed by atoms with Crippen LogP contribution in [0, 0.1) is 5.92 Å². The van der Waals surface area contributed by atoms with E-state index in [0.29, 0.717) is 6.04 Å². The van der Waals surface area contributed by atoms with Crippen LogP contribution in [0.1, 0.15) is 25.0 Å². The number of rotatable bonds is 3. The third kappa shape index (κ3) is 4.50. The molecule has 2 atom stereocenters. The minimum atomic E-state index is -0.0445. The predicted octanol–water partition coefficient (Wildman–Crippen LogP) is 0.784. The number of fused-ring (bicyclic) bond motifs is 2. The zero-order valence-electron chi connectivity index (χ0n) is 15.2. The van der Waals surface area contributed by atoms with Crippen molar-refractivity contribution in [2.75, 3.05) is 26.7 Å². The number of nitrogens with zero attached hydrogens (tertiary/aromatic N) is 2. The summed E-state index contributed by atoms with van der Waals surface area (Å²) in [5.74, 6) is 0.210. The normalized spacial score (nSPS) is 20.5. The van der Waals surface area contributed by atoms with Gasteiger partial charge in [0.25, 0.3) is 0 Å². The van der Waals surface area contributed by atoms with Crippen LogP contribution >= 0.6 is 0 Å². The number of amides is 1. The molecule has 5 nitrogen and oxygen atoms in total. The molecule has 0 bridgehead atoms. The summed E-state index contributed by atoms with van der Waals surface area (Å²) in [6, 6.07) is 6.82. The van der Waals surface area contributed by atoms with Gasteiger partial charge < -0.3 is 15.4 Å². The summed E-state index contributed by atoms with van der Waals surface area (Å²) in [6.45, 7) is 6.47. The standard InChI is InChI=1S/C20H25N3O.K.Na.H2O.2H/c1-4-23(5-2)20(24)14-9-16-15-7-6-8-17-19(15)13(11-21-17)10-18(16)22(3)12-14;;;;;/h6-9,11,14,18,21H,4-5,10,12H2,1-3H3;;;1H2;;/t14-,18-;;;;;/m1...../s1. The first kappa shape index (κ1) is 25.6. The van der Waals surface area contributed by atoms with Crippen molar-refractivity contribution in [3.63, 3.8) is 0 Å². The van der Waals surface area contributed by atoms with Crippen molar-refractivity contribution < 1.29 is 10.3 Å². The van der Waals surface area contributed by atoms with Gasteiger partial charge in [-0.25, -0.2) is 0 Å². The molecule has 3 N–H and O–H groups in total. The van der Waals surface area contributed by atoms with E-state index < -0.39 is 0 Å². The molecule has 0 unspecified atom stereocenters. The third-order valence-corrected chi connectivity index (χ3v) is 5.66. The molecule has 0 radical (unpaired) electrons. The summed E-state index contributed by atoms with van der Waals surface area (Å²) < 4.78 is 0. The Labute approximate surface area is 225 Å². The monoisotopic (exact) mass is 405 g/mol. The fraction of sp³-hybridized carbons (Fsp3) is 0.450. The molecule has 2 heterocycles. The van der Waals surface area contributed by atoms with Gasteiger partial charge >= 0.3 is 80.9 Å². The molecule has 2 aliphatic rings. The van der Waals surface area contributed by atoms with E-state index in [1.807, 2.05) is 4.90 Å². The van der Waals surface area contributed by atoms with Gasteiger partial charge in [0, 0.05) is 42.8 Å². The van der Waals surface area contributed by atoms with E-state index in [4.69, 9.17) is 0 Å². The molecule has 0 fully saturated rings. The second kappa shape index (κ2) is 10.5. The number of hydrogen-bond donors (Lipinski definition) is 1. The maximum atomic E-state index is 12.9. The van der Waals surface area contributed by atoms with Crippen molar-refractivity contribution in [1.29, 1.82) is 0 Å². The summed E-state index contributed by atoms with van der Waals surface area (Å²) in [5, 5.41) is 1.34. The third-order valence-electron chi connectivity index (χ3n) is 5.66. The molecular weight excluding hydrogens is 376 g/mol. The number of aromatic nitrogens is 1. The van der Waals surface area contributed by atoms with Crippen LogP contribution in [0.15, 0.2) is 30.5 Å². The SMILES string of the molecule is CCN(CC)C(=O)[C@@H]1C=C2c3cccc4[nH]cc(c34)C[C@H]2N(C)C1.O.[KH].[NaH]. The van der Waals surface area contributed by atoms with Crippen LogP contribution in [0.2, 0.25) is 0 Å². The van der Waals surface area contributed by atoms with E-state index >= 15 is 0 Å². The first-order chi connectivity index (χ1) is 11.6. The molecule has 1 aromatic carbocycles. The molecule has 1 aliphatic heterocycles. The van der Waals surface area contributed by atoms with Crippen molar-refractivity contribution in [2.45, 2.75) is 26.3 Å². The molecule has 7 heteroatoms. The van der Waals surface area contributed by atoms with Crippen molar-refractivity contribution in [1.82, 2.24) is 14.8 Å². The molecular formula is C20H29KN3NaO2. The van der Waals surface area contributed by atoms with Crippen LogP contribution < -0.4 is 0 Å². The fourth-order valence-electron chi connectivity index (χ4n) is 4.38. The molecule has 0 spiro atoms. The van der Waals surface area contributed by atoms with Crippen molar-refractivity contribution in [3.05, 3.63) is 41.6 Å². The quantitative estimate of drug-likeness (QED) is 0.767. The van der Waals surface area contributed by atoms with E-state index in [1.165, 1.54) is 27.6 Å². The van der Waals surface area contributed by atoms with Crippen molar-refractivity contribution in [3.8, 4) is 0 Å². The summed E-state index contributed by atoms with van der Waals surface area (Å²) in [5.41, 5.74) is 5.21. The number of benzene rings is 1. The zero-order valence-corrected chi connectivity index (χ0v) is 15.2. The average molecular weight is 406 g/mol. The number of carbonyl (C=O) groups is 1. The van der Waals surface area contributed by atoms with E-state index in [2.05, 4.69) is 61.3 Å². The van der Waals surface area contributed by atoms with Crippen LogP contribution in [-0.2, 0) is 11.2 Å². The van der Waals surface area contributed by atoms with Crippen molar-refractivity contribution in [2.24, 2.45) is 5.92 Å². The van der Waals surface area contributed by atoms with Crippen LogP contribution in [0.3, 0.4) is 0 Å². The second-order valence-electron chi connectivity index (χ2n) is 6.94. The molecule has 1 aliphatic carbocycles. The molecule has 0 saturated carbocycles. The maximum absolute atomic E-state index is 12.9. The summed E-state index contributed by atoms with van der Waals surface area (Å²) in [4.78, 5) is 20.6.